The fourth-order valence-electron chi connectivity index (χ4n) is 2.46. The Balaban J connectivity index is -0.000000391. The third-order valence-corrected chi connectivity index (χ3v) is 4.51. The molecule has 0 N–H and O–H groups in total. The number of nitrogens with zero attached hydrogens (tertiary/aromatic N) is 3. The molecule has 0 radical (unpaired) electrons. The fraction of sp³-hybridized carbons (Fsp3) is 0.500. The second-order valence-electron chi connectivity index (χ2n) is 10.4. The van der Waals surface area contributed by atoms with Gasteiger partial charge in [0.25, 0.3) is 0 Å². The minimum absolute atomic E-state index is 0. The standard InChI is InChI=1S/3C9H13N.3CH4/c1-9(2,3)8-4-6-10-7-5-8;1-9(2,3)8-5-4-6-10-7-8;1-9(2,3)8-6-4-5-7-10-8;;;/h3*4-7H,1-3H3;3*1H4. The Morgan fingerprint density at radius 1 is 0.485 bits per heavy atom. The highest BCUT2D eigenvalue weighted by Crippen LogP contribution is 2.21. The van der Waals surface area contributed by atoms with Gasteiger partial charge >= 0.3 is 0 Å². The van der Waals surface area contributed by atoms with Crippen LogP contribution < -0.4 is 0 Å². The molecule has 3 nitrogen and oxygen atoms in total. The van der Waals surface area contributed by atoms with Crippen LogP contribution in [-0.4, -0.2) is 15.0 Å². The van der Waals surface area contributed by atoms with Crippen LogP contribution in [0.3, 0.4) is 0 Å². The Bertz CT molecular complexity index is 705. The normalized spacial score (nSPS) is 10.5. The van der Waals surface area contributed by atoms with Crippen LogP contribution in [0, 0.1) is 0 Å². The molecule has 3 aromatic rings. The molecule has 0 spiro atoms. The molecule has 0 unspecified atom stereocenters. The van der Waals surface area contributed by atoms with Crippen LogP contribution in [0.4, 0.5) is 0 Å². The minimum Gasteiger partial charge on any atom is -0.265 e. The second kappa shape index (κ2) is 15.3. The number of rotatable bonds is 0. The van der Waals surface area contributed by atoms with Gasteiger partial charge in [-0.25, -0.2) is 0 Å². The summed E-state index contributed by atoms with van der Waals surface area (Å²) in [6.45, 7) is 19.6. The molecule has 3 rings (SSSR count). The van der Waals surface area contributed by atoms with Crippen molar-refractivity contribution in [3.8, 4) is 0 Å². The van der Waals surface area contributed by atoms with Gasteiger partial charge in [0.2, 0.25) is 0 Å². The molecule has 0 bridgehead atoms. The van der Waals surface area contributed by atoms with Gasteiger partial charge in [0.1, 0.15) is 0 Å². The summed E-state index contributed by atoms with van der Waals surface area (Å²) in [5.74, 6) is 0. The summed E-state index contributed by atoms with van der Waals surface area (Å²) in [6.07, 6.45) is 9.22. The largest absolute Gasteiger partial charge is 0.265 e. The Kier molecular flexibility index (Phi) is 16.3. The summed E-state index contributed by atoms with van der Waals surface area (Å²) < 4.78 is 0. The first-order valence-corrected chi connectivity index (χ1v) is 10.5. The van der Waals surface area contributed by atoms with E-state index < -0.39 is 0 Å². The van der Waals surface area contributed by atoms with E-state index in [1.807, 2.05) is 43.0 Å². The van der Waals surface area contributed by atoms with Crippen LogP contribution in [0.15, 0.2) is 73.4 Å². The maximum absolute atomic E-state index is 4.25. The van der Waals surface area contributed by atoms with E-state index in [-0.39, 0.29) is 38.5 Å². The third-order valence-electron chi connectivity index (χ3n) is 4.51. The number of hydrogen-bond acceptors (Lipinski definition) is 3. The molecule has 0 aromatic carbocycles. The third kappa shape index (κ3) is 14.3. The van der Waals surface area contributed by atoms with Crippen LogP contribution >= 0.6 is 0 Å². The summed E-state index contributed by atoms with van der Waals surface area (Å²) >= 11 is 0. The van der Waals surface area contributed by atoms with Crippen LogP contribution in [-0.2, 0) is 16.2 Å². The van der Waals surface area contributed by atoms with Crippen molar-refractivity contribution in [1.29, 1.82) is 0 Å². The lowest BCUT2D eigenvalue weighted by Crippen LogP contribution is -2.12. The molecular weight excluding hydrogens is 402 g/mol. The SMILES string of the molecule is C.C.C.CC(C)(C)c1ccccn1.CC(C)(C)c1cccnc1.CC(C)(C)c1ccncc1. The zero-order valence-corrected chi connectivity index (χ0v) is 20.3. The molecule has 0 atom stereocenters. The van der Waals surface area contributed by atoms with E-state index in [0.717, 1.165) is 5.69 Å². The summed E-state index contributed by atoms with van der Waals surface area (Å²) in [5, 5.41) is 0. The second-order valence-corrected chi connectivity index (χ2v) is 10.4. The lowest BCUT2D eigenvalue weighted by Gasteiger charge is -2.17. The summed E-state index contributed by atoms with van der Waals surface area (Å²) in [6, 6.07) is 14.2. The van der Waals surface area contributed by atoms with E-state index in [2.05, 4.69) is 102 Å². The molecule has 0 amide bonds. The average Bonchev–Trinajstić information content (AvgIpc) is 2.69. The molecule has 3 heteroatoms. The summed E-state index contributed by atoms with van der Waals surface area (Å²) in [4.78, 5) is 12.3. The molecule has 3 heterocycles. The first-order chi connectivity index (χ1) is 13.8. The van der Waals surface area contributed by atoms with E-state index in [0.29, 0.717) is 0 Å². The summed E-state index contributed by atoms with van der Waals surface area (Å²) in [7, 11) is 0. The number of aromatic nitrogens is 3. The highest BCUT2D eigenvalue weighted by atomic mass is 14.7. The van der Waals surface area contributed by atoms with Crippen LogP contribution in [0.2, 0.25) is 0 Å². The topological polar surface area (TPSA) is 38.7 Å². The van der Waals surface area contributed by atoms with E-state index in [1.54, 1.807) is 6.20 Å². The van der Waals surface area contributed by atoms with Crippen molar-refractivity contribution in [1.82, 2.24) is 15.0 Å². The quantitative estimate of drug-likeness (QED) is 0.341. The predicted molar refractivity (Wildman–Crippen MR) is 149 cm³/mol. The smallest absolute Gasteiger partial charge is 0.0457 e. The van der Waals surface area contributed by atoms with Gasteiger partial charge in [-0.05, 0) is 52.3 Å². The van der Waals surface area contributed by atoms with Crippen molar-refractivity contribution in [3.05, 3.63) is 90.3 Å². The van der Waals surface area contributed by atoms with Crippen LogP contribution in [0.5, 0.6) is 0 Å². The Morgan fingerprint density at radius 3 is 1.30 bits per heavy atom. The van der Waals surface area contributed by atoms with Gasteiger partial charge in [-0.1, -0.05) is 96.7 Å². The fourth-order valence-corrected chi connectivity index (χ4v) is 2.46. The van der Waals surface area contributed by atoms with Crippen molar-refractivity contribution in [2.75, 3.05) is 0 Å². The Morgan fingerprint density at radius 2 is 1.03 bits per heavy atom. The molecule has 186 valence electrons. The molecule has 33 heavy (non-hydrogen) atoms. The lowest BCUT2D eigenvalue weighted by atomic mass is 9.88. The van der Waals surface area contributed by atoms with E-state index in [1.165, 1.54) is 11.1 Å². The van der Waals surface area contributed by atoms with Gasteiger partial charge in [0.15, 0.2) is 0 Å². The van der Waals surface area contributed by atoms with Gasteiger partial charge in [0, 0.05) is 42.1 Å². The van der Waals surface area contributed by atoms with Crippen molar-refractivity contribution in [3.63, 3.8) is 0 Å². The zero-order chi connectivity index (χ0) is 22.8. The zero-order valence-electron chi connectivity index (χ0n) is 20.3. The van der Waals surface area contributed by atoms with Crippen LogP contribution in [0.25, 0.3) is 0 Å². The van der Waals surface area contributed by atoms with Gasteiger partial charge < -0.3 is 0 Å². The highest BCUT2D eigenvalue weighted by molar-refractivity contribution is 5.19. The van der Waals surface area contributed by atoms with E-state index in [9.17, 15) is 0 Å². The highest BCUT2D eigenvalue weighted by Gasteiger charge is 2.13. The maximum Gasteiger partial charge on any atom is 0.0457 e. The number of hydrogen-bond donors (Lipinski definition) is 0. The van der Waals surface area contributed by atoms with Gasteiger partial charge in [-0.3, -0.25) is 15.0 Å². The van der Waals surface area contributed by atoms with Crippen molar-refractivity contribution in [2.24, 2.45) is 0 Å². The van der Waals surface area contributed by atoms with Gasteiger partial charge in [-0.15, -0.1) is 0 Å². The lowest BCUT2D eigenvalue weighted by molar-refractivity contribution is 0.569. The first-order valence-electron chi connectivity index (χ1n) is 10.5. The van der Waals surface area contributed by atoms with Crippen molar-refractivity contribution < 1.29 is 0 Å². The minimum atomic E-state index is 0. The Labute approximate surface area is 206 Å². The Hall–Kier alpha value is -2.55. The van der Waals surface area contributed by atoms with Gasteiger partial charge in [-0.2, -0.15) is 0 Å². The van der Waals surface area contributed by atoms with Crippen molar-refractivity contribution in [2.45, 2.75) is 101 Å². The molecule has 0 fully saturated rings. The monoisotopic (exact) mass is 453 g/mol. The average molecular weight is 454 g/mol. The molecule has 0 aliphatic carbocycles. The first kappa shape index (κ1) is 35.0. The molecule has 0 saturated heterocycles. The van der Waals surface area contributed by atoms with Crippen molar-refractivity contribution >= 4 is 0 Å². The van der Waals surface area contributed by atoms with Crippen LogP contribution in [0.1, 0.15) is 101 Å². The predicted octanol–water partition coefficient (Wildman–Crippen LogP) is 9.05. The summed E-state index contributed by atoms with van der Waals surface area (Å²) in [5.41, 5.74) is 4.44. The molecule has 0 aliphatic rings. The molecule has 3 aromatic heterocycles. The number of pyridine rings is 3. The van der Waals surface area contributed by atoms with Gasteiger partial charge in [0.05, 0.1) is 0 Å². The molecular formula is C30H51N3. The van der Waals surface area contributed by atoms with E-state index >= 15 is 0 Å². The van der Waals surface area contributed by atoms with E-state index in [4.69, 9.17) is 0 Å². The molecule has 0 saturated carbocycles. The maximum atomic E-state index is 4.25. The molecule has 0 aliphatic heterocycles.